The molecule has 0 saturated carbocycles. The zero-order valence-electron chi connectivity index (χ0n) is 16.1. The predicted molar refractivity (Wildman–Crippen MR) is 116 cm³/mol. The van der Waals surface area contributed by atoms with Gasteiger partial charge < -0.3 is 14.6 Å². The fourth-order valence-corrected chi connectivity index (χ4v) is 3.06. The Bertz CT molecular complexity index is 1150. The van der Waals surface area contributed by atoms with Crippen molar-refractivity contribution in [3.8, 4) is 17.2 Å². The maximum Gasteiger partial charge on any atom is 0.161 e. The molecule has 0 atom stereocenters. The van der Waals surface area contributed by atoms with E-state index < -0.39 is 0 Å². The van der Waals surface area contributed by atoms with Gasteiger partial charge in [-0.15, -0.1) is 0 Å². The third kappa shape index (κ3) is 4.38. The lowest BCUT2D eigenvalue weighted by molar-refractivity contribution is 0.284. The molecule has 4 nitrogen and oxygen atoms in total. The van der Waals surface area contributed by atoms with E-state index in [0.29, 0.717) is 23.6 Å². The second kappa shape index (κ2) is 8.48. The molecule has 144 valence electrons. The van der Waals surface area contributed by atoms with Gasteiger partial charge in [-0.25, -0.2) is 4.98 Å². The topological polar surface area (TPSA) is 51.6 Å². The summed E-state index contributed by atoms with van der Waals surface area (Å²) in [4.78, 5) is 4.52. The first kappa shape index (κ1) is 18.6. The van der Waals surface area contributed by atoms with Crippen molar-refractivity contribution in [1.82, 2.24) is 4.98 Å². The molecule has 0 aliphatic heterocycles. The number of nitrogens with zero attached hydrogens (tertiary/aromatic N) is 1. The Morgan fingerprint density at radius 2 is 1.72 bits per heavy atom. The second-order valence-corrected chi connectivity index (χ2v) is 6.60. The molecule has 1 heterocycles. The number of aromatic hydroxyl groups is 1. The van der Waals surface area contributed by atoms with Crippen molar-refractivity contribution >= 4 is 23.1 Å². The van der Waals surface area contributed by atoms with E-state index in [0.717, 1.165) is 22.2 Å². The van der Waals surface area contributed by atoms with Crippen LogP contribution in [0.3, 0.4) is 0 Å². The van der Waals surface area contributed by atoms with Gasteiger partial charge in [-0.3, -0.25) is 0 Å². The van der Waals surface area contributed by atoms with Crippen LogP contribution in [-0.4, -0.2) is 17.2 Å². The highest BCUT2D eigenvalue weighted by atomic mass is 16.5. The smallest absolute Gasteiger partial charge is 0.161 e. The number of aromatic nitrogens is 1. The number of methoxy groups -OCH3 is 1. The minimum atomic E-state index is 0.180. The number of ether oxygens (including phenoxy) is 2. The van der Waals surface area contributed by atoms with E-state index >= 15 is 0 Å². The first-order valence-electron chi connectivity index (χ1n) is 9.34. The lowest BCUT2D eigenvalue weighted by Crippen LogP contribution is -1.97. The van der Waals surface area contributed by atoms with Crippen LogP contribution in [-0.2, 0) is 6.61 Å². The van der Waals surface area contributed by atoms with Crippen LogP contribution in [0.5, 0.6) is 17.2 Å². The minimum Gasteiger partial charge on any atom is -0.506 e. The number of hydrogen-bond acceptors (Lipinski definition) is 4. The Balaban J connectivity index is 1.52. The van der Waals surface area contributed by atoms with Crippen LogP contribution in [0.25, 0.3) is 23.1 Å². The number of hydrogen-bond donors (Lipinski definition) is 1. The molecule has 0 amide bonds. The largest absolute Gasteiger partial charge is 0.506 e. The summed E-state index contributed by atoms with van der Waals surface area (Å²) < 4.78 is 11.4. The van der Waals surface area contributed by atoms with Crippen LogP contribution in [0, 0.1) is 0 Å². The zero-order chi connectivity index (χ0) is 20.1. The Kier molecular flexibility index (Phi) is 5.43. The van der Waals surface area contributed by atoms with Crippen LogP contribution in [0.4, 0.5) is 0 Å². The quantitative estimate of drug-likeness (QED) is 0.464. The molecule has 1 N–H and O–H groups in total. The SMILES string of the molecule is COc1cc(/C=C/c2ccc3cccc(O)c3n2)ccc1OCc1ccccc1. The van der Waals surface area contributed by atoms with E-state index in [1.807, 2.05) is 84.9 Å². The summed E-state index contributed by atoms with van der Waals surface area (Å²) in [5.74, 6) is 1.55. The standard InChI is InChI=1S/C25H21NO3/c1-28-24-16-18(11-15-23(24)29-17-19-6-3-2-4-7-19)10-13-21-14-12-20-8-5-9-22(27)25(20)26-21/h2-16,27H,17H2,1H3/b13-10+. The molecule has 0 aliphatic rings. The Hall–Kier alpha value is -3.79. The first-order chi connectivity index (χ1) is 14.2. The number of phenolic OH excluding ortho intramolecular Hbond substituents is 1. The fourth-order valence-electron chi connectivity index (χ4n) is 3.06. The van der Waals surface area contributed by atoms with Gasteiger partial charge in [0.2, 0.25) is 0 Å². The summed E-state index contributed by atoms with van der Waals surface area (Å²) in [5.41, 5.74) is 3.43. The first-order valence-corrected chi connectivity index (χ1v) is 9.34. The van der Waals surface area contributed by atoms with Gasteiger partial charge in [-0.1, -0.05) is 60.7 Å². The van der Waals surface area contributed by atoms with Gasteiger partial charge in [0.1, 0.15) is 17.9 Å². The number of phenols is 1. The average Bonchev–Trinajstić information content (AvgIpc) is 2.77. The van der Waals surface area contributed by atoms with Crippen molar-refractivity contribution in [2.75, 3.05) is 7.11 Å². The molecular weight excluding hydrogens is 362 g/mol. The molecule has 0 fully saturated rings. The van der Waals surface area contributed by atoms with E-state index in [4.69, 9.17) is 9.47 Å². The third-order valence-electron chi connectivity index (χ3n) is 4.59. The molecule has 0 radical (unpaired) electrons. The van der Waals surface area contributed by atoms with Crippen molar-refractivity contribution in [3.05, 3.63) is 95.7 Å². The second-order valence-electron chi connectivity index (χ2n) is 6.60. The van der Waals surface area contributed by atoms with Crippen LogP contribution < -0.4 is 9.47 Å². The molecule has 0 bridgehead atoms. The number of fused-ring (bicyclic) bond motifs is 1. The molecule has 0 unspecified atom stereocenters. The van der Waals surface area contributed by atoms with Gasteiger partial charge in [0.05, 0.1) is 12.8 Å². The normalized spacial score (nSPS) is 11.1. The van der Waals surface area contributed by atoms with E-state index in [-0.39, 0.29) is 5.75 Å². The monoisotopic (exact) mass is 383 g/mol. The van der Waals surface area contributed by atoms with E-state index in [9.17, 15) is 5.11 Å². The summed E-state index contributed by atoms with van der Waals surface area (Å²) in [6.45, 7) is 0.483. The molecule has 4 heteroatoms. The number of para-hydroxylation sites is 1. The van der Waals surface area contributed by atoms with Crippen molar-refractivity contribution in [2.45, 2.75) is 6.61 Å². The van der Waals surface area contributed by atoms with Crippen LogP contribution in [0.2, 0.25) is 0 Å². The highest BCUT2D eigenvalue weighted by Gasteiger charge is 2.06. The summed E-state index contributed by atoms with van der Waals surface area (Å²) in [6, 6.07) is 25.1. The highest BCUT2D eigenvalue weighted by Crippen LogP contribution is 2.30. The van der Waals surface area contributed by atoms with E-state index in [1.165, 1.54) is 0 Å². The summed E-state index contributed by atoms with van der Waals surface area (Å²) in [6.07, 6.45) is 3.86. The molecule has 3 aromatic carbocycles. The Morgan fingerprint density at radius 1 is 0.862 bits per heavy atom. The maximum atomic E-state index is 10.00. The molecule has 0 saturated heterocycles. The molecule has 1 aromatic heterocycles. The van der Waals surface area contributed by atoms with E-state index in [1.54, 1.807) is 13.2 Å². The lowest BCUT2D eigenvalue weighted by atomic mass is 10.1. The summed E-state index contributed by atoms with van der Waals surface area (Å²) in [5, 5.41) is 10.9. The Morgan fingerprint density at radius 3 is 2.55 bits per heavy atom. The number of rotatable bonds is 6. The van der Waals surface area contributed by atoms with Gasteiger partial charge in [0, 0.05) is 5.39 Å². The molecule has 29 heavy (non-hydrogen) atoms. The third-order valence-corrected chi connectivity index (χ3v) is 4.59. The van der Waals surface area contributed by atoms with Crippen molar-refractivity contribution in [2.24, 2.45) is 0 Å². The Labute approximate surface area is 169 Å². The minimum absolute atomic E-state index is 0.180. The fraction of sp³-hybridized carbons (Fsp3) is 0.0800. The van der Waals surface area contributed by atoms with Gasteiger partial charge in [0.15, 0.2) is 11.5 Å². The predicted octanol–water partition coefficient (Wildman–Crippen LogP) is 5.70. The van der Waals surface area contributed by atoms with Gasteiger partial charge in [-0.2, -0.15) is 0 Å². The number of benzene rings is 3. The molecular formula is C25H21NO3. The van der Waals surface area contributed by atoms with Gasteiger partial charge >= 0.3 is 0 Å². The molecule has 0 spiro atoms. The highest BCUT2D eigenvalue weighted by molar-refractivity contribution is 5.85. The van der Waals surface area contributed by atoms with Gasteiger partial charge in [-0.05, 0) is 41.5 Å². The van der Waals surface area contributed by atoms with E-state index in [2.05, 4.69) is 4.98 Å². The van der Waals surface area contributed by atoms with Crippen molar-refractivity contribution in [1.29, 1.82) is 0 Å². The summed E-state index contributed by atoms with van der Waals surface area (Å²) >= 11 is 0. The van der Waals surface area contributed by atoms with Crippen molar-refractivity contribution < 1.29 is 14.6 Å². The lowest BCUT2D eigenvalue weighted by Gasteiger charge is -2.11. The zero-order valence-corrected chi connectivity index (χ0v) is 16.1. The van der Waals surface area contributed by atoms with Crippen molar-refractivity contribution in [3.63, 3.8) is 0 Å². The maximum absolute atomic E-state index is 10.00. The summed E-state index contributed by atoms with van der Waals surface area (Å²) in [7, 11) is 1.63. The van der Waals surface area contributed by atoms with Gasteiger partial charge in [0.25, 0.3) is 0 Å². The van der Waals surface area contributed by atoms with Crippen LogP contribution in [0.15, 0.2) is 78.9 Å². The molecule has 4 aromatic rings. The number of pyridine rings is 1. The van der Waals surface area contributed by atoms with Crippen LogP contribution >= 0.6 is 0 Å². The molecule has 0 aliphatic carbocycles. The van der Waals surface area contributed by atoms with Crippen LogP contribution in [0.1, 0.15) is 16.8 Å². The molecule has 4 rings (SSSR count). The average molecular weight is 383 g/mol.